The van der Waals surface area contributed by atoms with Crippen LogP contribution in [-0.4, -0.2) is 42.4 Å². The summed E-state index contributed by atoms with van der Waals surface area (Å²) < 4.78 is 0. The van der Waals surface area contributed by atoms with E-state index in [9.17, 15) is 0 Å². The molecule has 1 aromatic heterocycles. The van der Waals surface area contributed by atoms with Gasteiger partial charge in [-0.2, -0.15) is 0 Å². The van der Waals surface area contributed by atoms with Crippen molar-refractivity contribution in [3.05, 3.63) is 12.3 Å². The van der Waals surface area contributed by atoms with E-state index in [1.807, 2.05) is 18.5 Å². The first-order valence-corrected chi connectivity index (χ1v) is 6.84. The van der Waals surface area contributed by atoms with Crippen molar-refractivity contribution < 1.29 is 0 Å². The molecule has 17 heavy (non-hydrogen) atoms. The highest BCUT2D eigenvalue weighted by Crippen LogP contribution is 2.18. The third-order valence-corrected chi connectivity index (χ3v) is 3.54. The molecule has 0 amide bonds. The Labute approximate surface area is 113 Å². The van der Waals surface area contributed by atoms with Gasteiger partial charge in [-0.15, -0.1) is 12.4 Å². The van der Waals surface area contributed by atoms with Gasteiger partial charge < -0.3 is 10.2 Å². The number of piperidine rings is 1. The van der Waals surface area contributed by atoms with Gasteiger partial charge >= 0.3 is 0 Å². The van der Waals surface area contributed by atoms with Crippen LogP contribution in [0.1, 0.15) is 12.8 Å². The molecule has 2 heterocycles. The molecule has 2 rings (SSSR count). The lowest BCUT2D eigenvalue weighted by atomic mass is 10.1. The summed E-state index contributed by atoms with van der Waals surface area (Å²) in [5.41, 5.74) is 0. The first kappa shape index (κ1) is 14.5. The minimum Gasteiger partial charge on any atom is -0.355 e. The zero-order valence-corrected chi connectivity index (χ0v) is 11.9. The number of aromatic nitrogens is 2. The van der Waals surface area contributed by atoms with Gasteiger partial charge in [0.25, 0.3) is 0 Å². The molecule has 0 spiro atoms. The molecule has 1 atom stereocenters. The van der Waals surface area contributed by atoms with Crippen LogP contribution in [0, 0.1) is 0 Å². The number of hydrogen-bond donors (Lipinski definition) is 1. The summed E-state index contributed by atoms with van der Waals surface area (Å²) in [7, 11) is 2.12. The van der Waals surface area contributed by atoms with Crippen molar-refractivity contribution in [2.45, 2.75) is 24.0 Å². The maximum atomic E-state index is 4.52. The summed E-state index contributed by atoms with van der Waals surface area (Å²) in [6.07, 6.45) is 6.32. The standard InChI is InChI=1S/C11H18N4S.ClH/c1-15(9-4-3-6-12-8-9)10-5-7-13-11(14-10)16-2;/h5,7,9,12H,3-4,6,8H2,1-2H3;1H/t9-;/m1./s1. The van der Waals surface area contributed by atoms with E-state index in [0.29, 0.717) is 6.04 Å². The van der Waals surface area contributed by atoms with Crippen molar-refractivity contribution in [1.29, 1.82) is 0 Å². The first-order chi connectivity index (χ1) is 7.81. The van der Waals surface area contributed by atoms with Gasteiger partial charge in [-0.05, 0) is 31.7 Å². The Bertz CT molecular complexity index is 344. The monoisotopic (exact) mass is 274 g/mol. The van der Waals surface area contributed by atoms with Gasteiger partial charge in [-0.3, -0.25) is 0 Å². The second kappa shape index (κ2) is 7.03. The summed E-state index contributed by atoms with van der Waals surface area (Å²) >= 11 is 1.58. The molecule has 1 aromatic rings. The molecule has 0 unspecified atom stereocenters. The van der Waals surface area contributed by atoms with Crippen molar-refractivity contribution in [1.82, 2.24) is 15.3 Å². The predicted molar refractivity (Wildman–Crippen MR) is 75.4 cm³/mol. The number of nitrogens with zero attached hydrogens (tertiary/aromatic N) is 3. The van der Waals surface area contributed by atoms with E-state index in [0.717, 1.165) is 24.1 Å². The van der Waals surface area contributed by atoms with Gasteiger partial charge in [-0.25, -0.2) is 9.97 Å². The lowest BCUT2D eigenvalue weighted by Crippen LogP contribution is -2.44. The maximum Gasteiger partial charge on any atom is 0.189 e. The summed E-state index contributed by atoms with van der Waals surface area (Å²) in [4.78, 5) is 11.0. The Morgan fingerprint density at radius 3 is 3.00 bits per heavy atom. The van der Waals surface area contributed by atoms with E-state index >= 15 is 0 Å². The van der Waals surface area contributed by atoms with E-state index in [2.05, 4.69) is 27.2 Å². The van der Waals surface area contributed by atoms with Crippen LogP contribution >= 0.6 is 24.2 Å². The van der Waals surface area contributed by atoms with Crippen LogP contribution in [0.15, 0.2) is 17.4 Å². The smallest absolute Gasteiger partial charge is 0.189 e. The predicted octanol–water partition coefficient (Wildman–Crippen LogP) is 1.81. The molecule has 4 nitrogen and oxygen atoms in total. The van der Waals surface area contributed by atoms with Crippen molar-refractivity contribution in [3.63, 3.8) is 0 Å². The zero-order valence-electron chi connectivity index (χ0n) is 10.2. The Balaban J connectivity index is 0.00000144. The number of hydrogen-bond acceptors (Lipinski definition) is 5. The fourth-order valence-corrected chi connectivity index (χ4v) is 2.33. The molecule has 0 aliphatic carbocycles. The molecule has 0 aromatic carbocycles. The Kier molecular flexibility index (Phi) is 6.02. The van der Waals surface area contributed by atoms with Crippen LogP contribution < -0.4 is 10.2 Å². The largest absolute Gasteiger partial charge is 0.355 e. The van der Waals surface area contributed by atoms with E-state index in [4.69, 9.17) is 0 Å². The molecule has 1 aliphatic heterocycles. The second-order valence-electron chi connectivity index (χ2n) is 4.01. The normalized spacial score (nSPS) is 19.5. The van der Waals surface area contributed by atoms with Gasteiger partial charge in [0.1, 0.15) is 5.82 Å². The molecule has 1 saturated heterocycles. The fourth-order valence-electron chi connectivity index (χ4n) is 1.98. The van der Waals surface area contributed by atoms with Crippen LogP contribution in [-0.2, 0) is 0 Å². The number of halogens is 1. The molecule has 0 saturated carbocycles. The molecule has 96 valence electrons. The Hall–Kier alpha value is -0.520. The van der Waals surface area contributed by atoms with Crippen LogP contribution in [0.2, 0.25) is 0 Å². The van der Waals surface area contributed by atoms with E-state index < -0.39 is 0 Å². The zero-order chi connectivity index (χ0) is 11.4. The van der Waals surface area contributed by atoms with E-state index in [1.54, 1.807) is 11.8 Å². The van der Waals surface area contributed by atoms with Gasteiger partial charge in [0.05, 0.1) is 0 Å². The van der Waals surface area contributed by atoms with Gasteiger partial charge in [0, 0.05) is 25.8 Å². The van der Waals surface area contributed by atoms with Gasteiger partial charge in [-0.1, -0.05) is 11.8 Å². The highest BCUT2D eigenvalue weighted by Gasteiger charge is 2.18. The SMILES string of the molecule is CSc1nccc(N(C)[C@@H]2CCCNC2)n1.Cl. The fraction of sp³-hybridized carbons (Fsp3) is 0.636. The molecular weight excluding hydrogens is 256 g/mol. The Morgan fingerprint density at radius 1 is 1.53 bits per heavy atom. The van der Waals surface area contributed by atoms with Crippen molar-refractivity contribution in [3.8, 4) is 0 Å². The number of nitrogens with one attached hydrogen (secondary N) is 1. The molecule has 1 N–H and O–H groups in total. The molecule has 0 bridgehead atoms. The lowest BCUT2D eigenvalue weighted by Gasteiger charge is -2.32. The average Bonchev–Trinajstić information content (AvgIpc) is 2.39. The number of thioether (sulfide) groups is 1. The highest BCUT2D eigenvalue weighted by atomic mass is 35.5. The van der Waals surface area contributed by atoms with Crippen molar-refractivity contribution in [2.75, 3.05) is 31.3 Å². The molecule has 1 aliphatic rings. The van der Waals surface area contributed by atoms with Gasteiger partial charge in [0.2, 0.25) is 0 Å². The summed E-state index contributed by atoms with van der Waals surface area (Å²) in [6, 6.07) is 2.53. The minimum absolute atomic E-state index is 0. The number of rotatable bonds is 3. The quantitative estimate of drug-likeness (QED) is 0.673. The van der Waals surface area contributed by atoms with Crippen LogP contribution in [0.5, 0.6) is 0 Å². The maximum absolute atomic E-state index is 4.52. The first-order valence-electron chi connectivity index (χ1n) is 5.62. The minimum atomic E-state index is 0. The lowest BCUT2D eigenvalue weighted by molar-refractivity contribution is 0.442. The third-order valence-electron chi connectivity index (χ3n) is 2.98. The van der Waals surface area contributed by atoms with E-state index in [-0.39, 0.29) is 12.4 Å². The van der Waals surface area contributed by atoms with Crippen LogP contribution in [0.4, 0.5) is 5.82 Å². The molecule has 1 fully saturated rings. The van der Waals surface area contributed by atoms with E-state index in [1.165, 1.54) is 12.8 Å². The van der Waals surface area contributed by atoms with Crippen molar-refractivity contribution >= 4 is 30.0 Å². The van der Waals surface area contributed by atoms with Gasteiger partial charge in [0.15, 0.2) is 5.16 Å². The third kappa shape index (κ3) is 3.72. The number of likely N-dealkylation sites (N-methyl/N-ethyl adjacent to an activating group) is 1. The summed E-state index contributed by atoms with van der Waals surface area (Å²) in [5.74, 6) is 1.02. The summed E-state index contributed by atoms with van der Waals surface area (Å²) in [5, 5.41) is 4.26. The molecule has 0 radical (unpaired) electrons. The average molecular weight is 275 g/mol. The topological polar surface area (TPSA) is 41.1 Å². The van der Waals surface area contributed by atoms with Crippen molar-refractivity contribution in [2.24, 2.45) is 0 Å². The number of anilines is 1. The highest BCUT2D eigenvalue weighted by molar-refractivity contribution is 7.98. The van der Waals surface area contributed by atoms with Crippen LogP contribution in [0.25, 0.3) is 0 Å². The summed E-state index contributed by atoms with van der Waals surface area (Å²) in [6.45, 7) is 2.19. The molecule has 6 heteroatoms. The molecular formula is C11H19ClN4S. The van der Waals surface area contributed by atoms with Crippen LogP contribution in [0.3, 0.4) is 0 Å². The Morgan fingerprint density at radius 2 is 2.35 bits per heavy atom. The second-order valence-corrected chi connectivity index (χ2v) is 4.79.